The molecule has 0 spiro atoms. The van der Waals surface area contributed by atoms with E-state index in [9.17, 15) is 18.0 Å². The minimum atomic E-state index is -3.47. The molecule has 1 aliphatic heterocycles. The van der Waals surface area contributed by atoms with E-state index in [4.69, 9.17) is 11.6 Å². The van der Waals surface area contributed by atoms with E-state index in [0.717, 1.165) is 0 Å². The summed E-state index contributed by atoms with van der Waals surface area (Å²) in [5.41, 5.74) is 0.530. The van der Waals surface area contributed by atoms with Crippen molar-refractivity contribution in [2.45, 2.75) is 26.7 Å². The fourth-order valence-electron chi connectivity index (χ4n) is 3.04. The molecule has 27 heavy (non-hydrogen) atoms. The van der Waals surface area contributed by atoms with Crippen LogP contribution in [0.1, 0.15) is 37.0 Å². The van der Waals surface area contributed by atoms with E-state index >= 15 is 0 Å². The number of carbonyl (C=O) groups is 2. The summed E-state index contributed by atoms with van der Waals surface area (Å²) < 4.78 is 27.9. The molecule has 1 amide bonds. The maximum Gasteiger partial charge on any atom is 0.282 e. The third-order valence-electron chi connectivity index (χ3n) is 4.68. The maximum absolute atomic E-state index is 12.5. The molecule has 7 nitrogen and oxygen atoms in total. The Balaban J connectivity index is 1.84. The van der Waals surface area contributed by atoms with Crippen LogP contribution in [0.2, 0.25) is 5.02 Å². The second kappa shape index (κ2) is 9.64. The number of hydrogen-bond donors (Lipinski definition) is 0. The molecule has 1 fully saturated rings. The van der Waals surface area contributed by atoms with Gasteiger partial charge in [0.1, 0.15) is 0 Å². The van der Waals surface area contributed by atoms with Gasteiger partial charge in [0.2, 0.25) is 5.91 Å². The molecule has 9 heteroatoms. The number of halogens is 1. The normalized spacial score (nSPS) is 15.9. The van der Waals surface area contributed by atoms with E-state index in [1.54, 1.807) is 43.0 Å². The van der Waals surface area contributed by atoms with E-state index in [-0.39, 0.29) is 37.6 Å². The molecule has 1 aliphatic rings. The minimum absolute atomic E-state index is 0.109. The van der Waals surface area contributed by atoms with Crippen LogP contribution in [0.15, 0.2) is 24.3 Å². The van der Waals surface area contributed by atoms with Crippen LogP contribution in [0.25, 0.3) is 0 Å². The molecular weight excluding hydrogens is 390 g/mol. The first-order valence-electron chi connectivity index (χ1n) is 9.11. The minimum Gasteiger partial charge on any atom is -0.340 e. The molecule has 0 radical (unpaired) electrons. The van der Waals surface area contributed by atoms with Crippen LogP contribution in [0.5, 0.6) is 0 Å². The molecule has 1 aromatic rings. The van der Waals surface area contributed by atoms with E-state index < -0.39 is 10.2 Å². The van der Waals surface area contributed by atoms with Crippen molar-refractivity contribution in [2.24, 2.45) is 0 Å². The molecule has 1 aromatic carbocycles. The van der Waals surface area contributed by atoms with Crippen LogP contribution in [0.4, 0.5) is 0 Å². The second-order valence-electron chi connectivity index (χ2n) is 6.30. The number of hydrogen-bond acceptors (Lipinski definition) is 4. The first-order chi connectivity index (χ1) is 12.8. The van der Waals surface area contributed by atoms with Crippen molar-refractivity contribution in [3.05, 3.63) is 34.9 Å². The number of benzene rings is 1. The number of nitrogens with zero attached hydrogens (tertiary/aromatic N) is 3. The van der Waals surface area contributed by atoms with Crippen LogP contribution in [0.3, 0.4) is 0 Å². The topological polar surface area (TPSA) is 78.0 Å². The Hall–Kier alpha value is -1.48. The fourth-order valence-corrected chi connectivity index (χ4v) is 4.77. The molecule has 0 aliphatic carbocycles. The second-order valence-corrected chi connectivity index (χ2v) is 8.67. The lowest BCUT2D eigenvalue weighted by Crippen LogP contribution is -2.54. The lowest BCUT2D eigenvalue weighted by molar-refractivity contribution is -0.132. The third-order valence-corrected chi connectivity index (χ3v) is 7.12. The zero-order valence-electron chi connectivity index (χ0n) is 15.7. The SMILES string of the molecule is CCN(CC)S(=O)(=O)N1CCN(C(=O)CCC(=O)c2ccc(Cl)cc2)CC1. The van der Waals surface area contributed by atoms with Crippen LogP contribution in [0, 0.1) is 0 Å². The monoisotopic (exact) mass is 415 g/mol. The zero-order valence-corrected chi connectivity index (χ0v) is 17.3. The summed E-state index contributed by atoms with van der Waals surface area (Å²) in [7, 11) is -3.47. The van der Waals surface area contributed by atoms with Gasteiger partial charge in [-0.3, -0.25) is 9.59 Å². The number of ketones is 1. The van der Waals surface area contributed by atoms with Crippen LogP contribution < -0.4 is 0 Å². The largest absolute Gasteiger partial charge is 0.340 e. The number of Topliss-reactive ketones (excluding diaryl/α,β-unsaturated/α-hetero) is 1. The highest BCUT2D eigenvalue weighted by Gasteiger charge is 2.32. The molecule has 150 valence electrons. The van der Waals surface area contributed by atoms with Crippen LogP contribution >= 0.6 is 11.6 Å². The van der Waals surface area contributed by atoms with Crippen molar-refractivity contribution in [3.8, 4) is 0 Å². The molecular formula is C18H26ClN3O4S. The Morgan fingerprint density at radius 2 is 1.56 bits per heavy atom. The van der Waals surface area contributed by atoms with Gasteiger partial charge in [-0.15, -0.1) is 0 Å². The van der Waals surface area contributed by atoms with Gasteiger partial charge < -0.3 is 4.90 Å². The van der Waals surface area contributed by atoms with Crippen LogP contribution in [-0.2, 0) is 15.0 Å². The molecule has 0 N–H and O–H groups in total. The van der Waals surface area contributed by atoms with E-state index in [2.05, 4.69) is 0 Å². The summed E-state index contributed by atoms with van der Waals surface area (Å²) >= 11 is 5.81. The Bertz CT molecular complexity index is 755. The summed E-state index contributed by atoms with van der Waals surface area (Å²) in [5.74, 6) is -0.236. The van der Waals surface area contributed by atoms with Crippen molar-refractivity contribution in [2.75, 3.05) is 39.3 Å². The standard InChI is InChI=1S/C18H26ClN3O4S/c1-3-21(4-2)27(25,26)22-13-11-20(12-14-22)18(24)10-9-17(23)15-5-7-16(19)8-6-15/h5-8H,3-4,9-14H2,1-2H3. The molecule has 1 heterocycles. The highest BCUT2D eigenvalue weighted by Crippen LogP contribution is 2.15. The zero-order chi connectivity index (χ0) is 20.0. The lowest BCUT2D eigenvalue weighted by atomic mass is 10.1. The smallest absolute Gasteiger partial charge is 0.282 e. The first-order valence-corrected chi connectivity index (χ1v) is 10.9. The van der Waals surface area contributed by atoms with Gasteiger partial charge >= 0.3 is 0 Å². The molecule has 0 atom stereocenters. The van der Waals surface area contributed by atoms with Gasteiger partial charge in [-0.1, -0.05) is 25.4 Å². The van der Waals surface area contributed by atoms with Gasteiger partial charge in [0, 0.05) is 62.7 Å². The Labute approximate surface area is 166 Å². The summed E-state index contributed by atoms with van der Waals surface area (Å²) in [6, 6.07) is 6.58. The Kier molecular flexibility index (Phi) is 7.79. The summed E-state index contributed by atoms with van der Waals surface area (Å²) in [4.78, 5) is 26.2. The van der Waals surface area contributed by atoms with E-state index in [0.29, 0.717) is 36.8 Å². The van der Waals surface area contributed by atoms with Gasteiger partial charge in [-0.05, 0) is 24.3 Å². The fraction of sp³-hybridized carbons (Fsp3) is 0.556. The van der Waals surface area contributed by atoms with E-state index in [1.165, 1.54) is 8.61 Å². The van der Waals surface area contributed by atoms with Gasteiger partial charge in [-0.25, -0.2) is 0 Å². The Morgan fingerprint density at radius 1 is 1.00 bits per heavy atom. The van der Waals surface area contributed by atoms with Gasteiger partial charge in [0.05, 0.1) is 0 Å². The highest BCUT2D eigenvalue weighted by atomic mass is 35.5. The Morgan fingerprint density at radius 3 is 2.07 bits per heavy atom. The molecule has 0 bridgehead atoms. The summed E-state index contributed by atoms with van der Waals surface area (Å²) in [6.07, 6.45) is 0.239. The first kappa shape index (κ1) is 21.8. The maximum atomic E-state index is 12.5. The number of carbonyl (C=O) groups excluding carboxylic acids is 2. The van der Waals surface area contributed by atoms with Gasteiger partial charge in [0.25, 0.3) is 10.2 Å². The highest BCUT2D eigenvalue weighted by molar-refractivity contribution is 7.86. The van der Waals surface area contributed by atoms with Gasteiger partial charge in [-0.2, -0.15) is 17.0 Å². The predicted octanol–water partition coefficient (Wildman–Crippen LogP) is 2.03. The van der Waals surface area contributed by atoms with Crippen molar-refractivity contribution in [3.63, 3.8) is 0 Å². The lowest BCUT2D eigenvalue weighted by Gasteiger charge is -2.36. The third kappa shape index (κ3) is 5.51. The molecule has 0 saturated carbocycles. The van der Waals surface area contributed by atoms with Gasteiger partial charge in [0.15, 0.2) is 5.78 Å². The van der Waals surface area contributed by atoms with E-state index in [1.807, 2.05) is 0 Å². The average Bonchev–Trinajstić information content (AvgIpc) is 2.67. The number of amides is 1. The molecule has 0 unspecified atom stereocenters. The molecule has 1 saturated heterocycles. The number of piperazine rings is 1. The molecule has 0 aromatic heterocycles. The molecule has 2 rings (SSSR count). The summed E-state index contributed by atoms with van der Waals surface area (Å²) in [6.45, 7) is 5.68. The number of rotatable bonds is 8. The predicted molar refractivity (Wildman–Crippen MR) is 105 cm³/mol. The summed E-state index contributed by atoms with van der Waals surface area (Å²) in [5, 5.41) is 0.556. The quantitative estimate of drug-likeness (QED) is 0.608. The van der Waals surface area contributed by atoms with Crippen LogP contribution in [-0.4, -0.2) is 72.9 Å². The van der Waals surface area contributed by atoms with Crippen molar-refractivity contribution in [1.29, 1.82) is 0 Å². The van der Waals surface area contributed by atoms with Crippen molar-refractivity contribution >= 4 is 33.5 Å². The van der Waals surface area contributed by atoms with Crippen molar-refractivity contribution in [1.82, 2.24) is 13.5 Å². The average molecular weight is 416 g/mol. The van der Waals surface area contributed by atoms with Crippen molar-refractivity contribution < 1.29 is 18.0 Å².